The summed E-state index contributed by atoms with van der Waals surface area (Å²) in [6.07, 6.45) is 5.90. The maximum Gasteiger partial charge on any atom is 0.268 e. The van der Waals surface area contributed by atoms with Gasteiger partial charge in [0.05, 0.1) is 53.9 Å². The van der Waals surface area contributed by atoms with E-state index in [-0.39, 0.29) is 21.9 Å². The molecule has 1 fully saturated rings. The summed E-state index contributed by atoms with van der Waals surface area (Å²) >= 11 is 6.96. The lowest BCUT2D eigenvalue weighted by molar-refractivity contribution is 0.385. The summed E-state index contributed by atoms with van der Waals surface area (Å²) in [4.78, 5) is 0.539. The Morgan fingerprint density at radius 2 is 0.642 bits per heavy atom. The lowest BCUT2D eigenvalue weighted by Gasteiger charge is -2.24. The third kappa shape index (κ3) is 11.1. The molecule has 0 amide bonds. The summed E-state index contributed by atoms with van der Waals surface area (Å²) < 4.78 is 65.0. The Labute approximate surface area is 568 Å². The van der Waals surface area contributed by atoms with Crippen LogP contribution in [0.2, 0.25) is 0 Å². The zero-order valence-electron chi connectivity index (χ0n) is 52.2. The van der Waals surface area contributed by atoms with Crippen molar-refractivity contribution in [2.75, 3.05) is 0 Å². The van der Waals surface area contributed by atoms with Gasteiger partial charge >= 0.3 is 0 Å². The number of aryl methyl sites for hydroxylation is 2. The van der Waals surface area contributed by atoms with Crippen molar-refractivity contribution in [1.29, 1.82) is 0 Å². The van der Waals surface area contributed by atoms with Crippen LogP contribution in [-0.2, 0) is 26.5 Å². The Kier molecular flexibility index (Phi) is 16.3. The van der Waals surface area contributed by atoms with Gasteiger partial charge in [0.15, 0.2) is 0 Å². The van der Waals surface area contributed by atoms with E-state index in [1.165, 1.54) is 64.6 Å². The Hall–Kier alpha value is -9.38. The van der Waals surface area contributed by atoms with E-state index in [0.717, 1.165) is 94.3 Å². The van der Waals surface area contributed by atoms with Crippen LogP contribution in [0.15, 0.2) is 286 Å². The summed E-state index contributed by atoms with van der Waals surface area (Å²) in [5.41, 5.74) is 28.0. The SMILES string of the molecule is Cc1ccc(S(=O)(=O)n2c3ccc(-n4c5ccccc5c5ccccc54)cc3c3cc(-n4c5ccccc5c5ccccc54)ccc32)cc1.Cc1ccc(S(=O)(=O)n2c3ccc(Br)cc3c3cc(Br)ccc32)cc1.N[C@@H]1CCCC[C@H]1N.c1ccc2c(c1)Cc1ccccc1-2. The summed E-state index contributed by atoms with van der Waals surface area (Å²) in [5, 5.41) is 8.22. The fraction of sp³-hybridized carbons (Fsp3) is 0.111. The summed E-state index contributed by atoms with van der Waals surface area (Å²) in [6, 6.07) is 89.2. The smallest absolute Gasteiger partial charge is 0.268 e. The number of aromatic nitrogens is 4. The topological polar surface area (TPSA) is 140 Å². The number of hydrogen-bond acceptors (Lipinski definition) is 6. The summed E-state index contributed by atoms with van der Waals surface area (Å²) in [5.74, 6) is 0. The van der Waals surface area contributed by atoms with Gasteiger partial charge in [-0.2, -0.15) is 0 Å². The molecule has 4 heterocycles. The monoisotopic (exact) mass is 1410 g/mol. The van der Waals surface area contributed by atoms with Gasteiger partial charge < -0.3 is 20.6 Å². The Balaban J connectivity index is 0.000000132. The van der Waals surface area contributed by atoms with E-state index in [9.17, 15) is 16.8 Å². The van der Waals surface area contributed by atoms with Crippen molar-refractivity contribution in [3.8, 4) is 22.5 Å². The van der Waals surface area contributed by atoms with Crippen LogP contribution in [0, 0.1) is 13.8 Å². The first-order valence-electron chi connectivity index (χ1n) is 31.9. The lowest BCUT2D eigenvalue weighted by atomic mass is 9.92. The number of halogens is 2. The quantitative estimate of drug-likeness (QED) is 0.170. The minimum Gasteiger partial charge on any atom is -0.326 e. The minimum atomic E-state index is -3.93. The molecule has 2 aliphatic rings. The zero-order valence-corrected chi connectivity index (χ0v) is 57.0. The molecule has 4 N–H and O–H groups in total. The van der Waals surface area contributed by atoms with Gasteiger partial charge in [0.25, 0.3) is 20.0 Å². The number of rotatable bonds is 6. The molecule has 0 bridgehead atoms. The number of para-hydroxylation sites is 4. The van der Waals surface area contributed by atoms with Crippen LogP contribution < -0.4 is 11.5 Å². The molecule has 0 radical (unpaired) electrons. The normalized spacial score (nSPS) is 14.6. The second-order valence-electron chi connectivity index (χ2n) is 24.7. The first-order chi connectivity index (χ1) is 46.1. The molecule has 2 aliphatic carbocycles. The molecule has 16 aromatic rings. The molecule has 12 aromatic carbocycles. The minimum absolute atomic E-state index is 0.259. The average molecular weight is 1410 g/mol. The molecule has 10 nitrogen and oxygen atoms in total. The molecule has 18 rings (SSSR count). The first-order valence-corrected chi connectivity index (χ1v) is 36.4. The molecule has 0 spiro atoms. The van der Waals surface area contributed by atoms with Gasteiger partial charge in [0.1, 0.15) is 0 Å². The first kappa shape index (κ1) is 61.8. The van der Waals surface area contributed by atoms with Crippen molar-refractivity contribution in [2.45, 2.75) is 67.8 Å². The van der Waals surface area contributed by atoms with E-state index in [0.29, 0.717) is 22.1 Å². The lowest BCUT2D eigenvalue weighted by Crippen LogP contribution is -2.43. The van der Waals surface area contributed by atoms with Gasteiger partial charge in [-0.15, -0.1) is 0 Å². The van der Waals surface area contributed by atoms with Crippen molar-refractivity contribution >= 4 is 139 Å². The Morgan fingerprint density at radius 1 is 0.337 bits per heavy atom. The highest BCUT2D eigenvalue weighted by Crippen LogP contribution is 2.42. The van der Waals surface area contributed by atoms with E-state index >= 15 is 0 Å². The Bertz CT molecular complexity index is 5520. The van der Waals surface area contributed by atoms with Crippen LogP contribution >= 0.6 is 31.9 Å². The zero-order chi connectivity index (χ0) is 65.3. The van der Waals surface area contributed by atoms with E-state index in [1.54, 1.807) is 24.3 Å². The third-order valence-electron chi connectivity index (χ3n) is 18.7. The van der Waals surface area contributed by atoms with Crippen LogP contribution in [0.5, 0.6) is 0 Å². The van der Waals surface area contributed by atoms with Gasteiger partial charge in [0, 0.05) is 75.5 Å². The molecule has 2 atom stereocenters. The molecule has 0 unspecified atom stereocenters. The van der Waals surface area contributed by atoms with Crippen LogP contribution in [-0.4, -0.2) is 46.0 Å². The van der Waals surface area contributed by atoms with Gasteiger partial charge in [-0.1, -0.05) is 201 Å². The number of nitrogens with zero attached hydrogens (tertiary/aromatic N) is 4. The number of hydrogen-bond donors (Lipinski definition) is 2. The van der Waals surface area contributed by atoms with Crippen LogP contribution in [0.1, 0.15) is 47.9 Å². The largest absolute Gasteiger partial charge is 0.326 e. The van der Waals surface area contributed by atoms with E-state index < -0.39 is 20.0 Å². The van der Waals surface area contributed by atoms with Gasteiger partial charge in [-0.3, -0.25) is 0 Å². The fourth-order valence-corrected chi connectivity index (χ4v) is 17.8. The standard InChI is InChI=1S/C43H29N3O2S.C19H13Br2NO2S.C13H10.C6H14N2/c1-28-18-22-31(23-19-28)49(47,48)46-42-24-20-29(44-38-14-6-2-10-32(38)33-11-3-7-15-39(33)44)26-36(42)37-27-30(21-25-43(37)46)45-40-16-8-4-12-34(40)35-13-5-9-17-41(35)45;1-12-2-6-15(7-3-12)25(23,24)22-18-8-4-13(20)10-16(18)17-11-14(21)5-9-19(17)22;1-3-7-12-10(5-1)9-11-6-2-4-8-13(11)12;7-5-3-1-2-4-6(5)8/h2-27H,1H3;2-11H,1H3;1-8H,9H2;5-6H,1-4,7-8H2/t;;;5-,6-/m...1/s1. The molecule has 1 saturated carbocycles. The fourth-order valence-electron chi connectivity index (χ4n) is 14.0. The number of fused-ring (bicyclic) bond motifs is 15. The molecule has 14 heteroatoms. The second kappa shape index (κ2) is 25.1. The van der Waals surface area contributed by atoms with Crippen molar-refractivity contribution in [2.24, 2.45) is 11.5 Å². The number of nitrogens with two attached hydrogens (primary N) is 2. The van der Waals surface area contributed by atoms with Crippen molar-refractivity contribution in [1.82, 2.24) is 17.1 Å². The summed E-state index contributed by atoms with van der Waals surface area (Å²) in [7, 11) is -7.64. The average Bonchev–Trinajstić information content (AvgIpc) is 1.58. The van der Waals surface area contributed by atoms with E-state index in [2.05, 4.69) is 199 Å². The third-order valence-corrected chi connectivity index (χ3v) is 23.2. The molecular formula is C81H66Br2N6O4S2. The van der Waals surface area contributed by atoms with Crippen molar-refractivity contribution in [3.05, 3.63) is 298 Å². The molecular weight excluding hydrogens is 1340 g/mol. The van der Waals surface area contributed by atoms with Crippen LogP contribution in [0.4, 0.5) is 0 Å². The maximum atomic E-state index is 14.5. The van der Waals surface area contributed by atoms with Crippen LogP contribution in [0.3, 0.4) is 0 Å². The predicted octanol–water partition coefficient (Wildman–Crippen LogP) is 19.9. The molecule has 4 aromatic heterocycles. The van der Waals surface area contributed by atoms with E-state index in [4.69, 9.17) is 11.5 Å². The van der Waals surface area contributed by atoms with Gasteiger partial charge in [-0.05, 0) is 177 Å². The second-order valence-corrected chi connectivity index (χ2v) is 30.1. The van der Waals surface area contributed by atoms with Crippen LogP contribution in [0.25, 0.3) is 110 Å². The molecule has 470 valence electrons. The van der Waals surface area contributed by atoms with Crippen molar-refractivity contribution < 1.29 is 16.8 Å². The highest BCUT2D eigenvalue weighted by molar-refractivity contribution is 9.10. The van der Waals surface area contributed by atoms with Crippen molar-refractivity contribution in [3.63, 3.8) is 0 Å². The molecule has 0 saturated heterocycles. The van der Waals surface area contributed by atoms with Gasteiger partial charge in [-0.25, -0.2) is 24.8 Å². The predicted molar refractivity (Wildman–Crippen MR) is 400 cm³/mol. The van der Waals surface area contributed by atoms with E-state index in [1.807, 2.05) is 98.8 Å². The Morgan fingerprint density at radius 3 is 0.989 bits per heavy atom. The summed E-state index contributed by atoms with van der Waals surface area (Å²) in [6.45, 7) is 3.90. The van der Waals surface area contributed by atoms with Gasteiger partial charge in [0.2, 0.25) is 0 Å². The maximum absolute atomic E-state index is 14.5. The molecule has 95 heavy (non-hydrogen) atoms. The number of benzene rings is 12. The highest BCUT2D eigenvalue weighted by atomic mass is 79.9. The highest BCUT2D eigenvalue weighted by Gasteiger charge is 2.27. The molecule has 0 aliphatic heterocycles.